The highest BCUT2D eigenvalue weighted by Gasteiger charge is 2.45. The molecule has 11 heteroatoms. The van der Waals surface area contributed by atoms with Gasteiger partial charge in [-0.15, -0.1) is 0 Å². The van der Waals surface area contributed by atoms with E-state index in [0.717, 1.165) is 32.2 Å². The van der Waals surface area contributed by atoms with Crippen molar-refractivity contribution in [3.8, 4) is 0 Å². The predicted molar refractivity (Wildman–Crippen MR) is 142 cm³/mol. The molecule has 1 amide bonds. The Morgan fingerprint density at radius 2 is 1.69 bits per heavy atom. The summed E-state index contributed by atoms with van der Waals surface area (Å²) in [4.78, 5) is 20.0. The molecule has 2 N–H and O–H groups in total. The first kappa shape index (κ1) is 26.4. The van der Waals surface area contributed by atoms with Crippen molar-refractivity contribution < 1.29 is 21.6 Å². The van der Waals surface area contributed by atoms with Crippen molar-refractivity contribution in [2.45, 2.75) is 51.3 Å². The minimum atomic E-state index is -3.54. The lowest BCUT2D eigenvalue weighted by Crippen LogP contribution is -2.36. The van der Waals surface area contributed by atoms with Crippen molar-refractivity contribution in [2.24, 2.45) is 10.8 Å². The van der Waals surface area contributed by atoms with E-state index in [2.05, 4.69) is 15.0 Å². The second kappa shape index (κ2) is 9.33. The Bertz CT molecular complexity index is 1370. The minimum absolute atomic E-state index is 0.0171. The second-order valence-corrected chi connectivity index (χ2v) is 15.0. The number of nitrogens with one attached hydrogen (secondary N) is 2. The van der Waals surface area contributed by atoms with Crippen LogP contribution in [0.1, 0.15) is 56.8 Å². The Morgan fingerprint density at radius 1 is 1.03 bits per heavy atom. The fraction of sp³-hybridized carbons (Fsp3) is 0.520. The predicted octanol–water partition coefficient (Wildman–Crippen LogP) is 3.91. The van der Waals surface area contributed by atoms with Crippen molar-refractivity contribution in [3.63, 3.8) is 0 Å². The number of rotatable bonds is 7. The van der Waals surface area contributed by atoms with Crippen LogP contribution in [0.15, 0.2) is 41.3 Å². The molecule has 1 aliphatic carbocycles. The largest absolute Gasteiger partial charge is 0.356 e. The smallest absolute Gasteiger partial charge is 0.259 e. The van der Waals surface area contributed by atoms with Crippen molar-refractivity contribution >= 4 is 43.1 Å². The maximum atomic E-state index is 13.3. The molecule has 2 aromatic rings. The molecule has 9 nitrogen and oxygen atoms in total. The monoisotopic (exact) mass is 534 g/mol. The van der Waals surface area contributed by atoms with Gasteiger partial charge in [0.2, 0.25) is 10.0 Å². The standard InChI is InChI=1S/C25H34N4O5S2/c1-24(2,3)17-36(33,34)19-7-5-6-18(16-19)26-23(30)20-8-9-21(28-35(4,31)32)27-22(20)29-14-12-25(10-11-25)13-15-29/h5-9,16H,10-15,17H2,1-4H3,(H,26,30)(H,27,28). The molecule has 0 radical (unpaired) electrons. The molecule has 4 rings (SSSR count). The maximum Gasteiger partial charge on any atom is 0.259 e. The average molecular weight is 535 g/mol. The third-order valence-corrected chi connectivity index (χ3v) is 9.36. The Labute approximate surface area is 213 Å². The first-order valence-electron chi connectivity index (χ1n) is 12.0. The van der Waals surface area contributed by atoms with Crippen molar-refractivity contribution in [1.29, 1.82) is 0 Å². The number of sulfone groups is 1. The molecule has 1 aromatic heterocycles. The zero-order chi connectivity index (χ0) is 26.4. The third-order valence-electron chi connectivity index (χ3n) is 6.56. The summed E-state index contributed by atoms with van der Waals surface area (Å²) in [5, 5.41) is 2.80. The van der Waals surface area contributed by atoms with Crippen LogP contribution < -0.4 is 14.9 Å². The van der Waals surface area contributed by atoms with Crippen LogP contribution in [0.5, 0.6) is 0 Å². The summed E-state index contributed by atoms with van der Waals surface area (Å²) in [7, 11) is -7.07. The van der Waals surface area contributed by atoms with Gasteiger partial charge in [0.05, 0.1) is 22.5 Å². The highest BCUT2D eigenvalue weighted by molar-refractivity contribution is 7.92. The molecule has 2 heterocycles. The Balaban J connectivity index is 1.61. The molecule has 0 atom stereocenters. The number of benzene rings is 1. The van der Waals surface area contributed by atoms with E-state index >= 15 is 0 Å². The summed E-state index contributed by atoms with van der Waals surface area (Å²) in [6, 6.07) is 9.23. The topological polar surface area (TPSA) is 126 Å². The maximum absolute atomic E-state index is 13.3. The molecule has 36 heavy (non-hydrogen) atoms. The van der Waals surface area contributed by atoms with Gasteiger partial charge in [-0.2, -0.15) is 0 Å². The highest BCUT2D eigenvalue weighted by Crippen LogP contribution is 2.54. The lowest BCUT2D eigenvalue weighted by molar-refractivity contribution is 0.102. The minimum Gasteiger partial charge on any atom is -0.356 e. The van der Waals surface area contributed by atoms with Crippen LogP contribution >= 0.6 is 0 Å². The van der Waals surface area contributed by atoms with E-state index in [9.17, 15) is 21.6 Å². The molecule has 1 spiro atoms. The number of carbonyl (C=O) groups is 1. The van der Waals surface area contributed by atoms with Gasteiger partial charge in [0.15, 0.2) is 9.84 Å². The number of anilines is 3. The summed E-state index contributed by atoms with van der Waals surface area (Å²) < 4.78 is 51.6. The Morgan fingerprint density at radius 3 is 2.28 bits per heavy atom. The number of pyridine rings is 1. The fourth-order valence-corrected chi connectivity index (χ4v) is 7.00. The molecule has 1 aliphatic heterocycles. The number of nitrogens with zero attached hydrogens (tertiary/aromatic N) is 2. The lowest BCUT2D eigenvalue weighted by Gasteiger charge is -2.34. The molecular weight excluding hydrogens is 500 g/mol. The molecule has 0 unspecified atom stereocenters. The molecule has 1 aromatic carbocycles. The van der Waals surface area contributed by atoms with Crippen LogP contribution in [-0.2, 0) is 19.9 Å². The zero-order valence-corrected chi connectivity index (χ0v) is 22.8. The van der Waals surface area contributed by atoms with Gasteiger partial charge >= 0.3 is 0 Å². The first-order chi connectivity index (χ1) is 16.6. The molecular formula is C25H34N4O5S2. The van der Waals surface area contributed by atoms with E-state index in [1.54, 1.807) is 18.2 Å². The SMILES string of the molecule is CC(C)(C)CS(=O)(=O)c1cccc(NC(=O)c2ccc(NS(C)(=O)=O)nc2N2CCC3(CC2)CC3)c1. The van der Waals surface area contributed by atoms with E-state index in [4.69, 9.17) is 0 Å². The van der Waals surface area contributed by atoms with Crippen LogP contribution in [-0.4, -0.2) is 52.8 Å². The summed E-state index contributed by atoms with van der Waals surface area (Å²) in [5.41, 5.74) is 0.660. The van der Waals surface area contributed by atoms with Gasteiger partial charge in [-0.05, 0) is 66.8 Å². The fourth-order valence-electron chi connectivity index (χ4n) is 4.60. The summed E-state index contributed by atoms with van der Waals surface area (Å²) in [6.07, 6.45) is 5.52. The number of hydrogen-bond acceptors (Lipinski definition) is 7. The first-order valence-corrected chi connectivity index (χ1v) is 15.6. The average Bonchev–Trinajstić information content (AvgIpc) is 3.50. The quantitative estimate of drug-likeness (QED) is 0.552. The number of carbonyl (C=O) groups excluding carboxylic acids is 1. The van der Waals surface area contributed by atoms with Gasteiger partial charge in [-0.3, -0.25) is 9.52 Å². The molecule has 2 aliphatic rings. The van der Waals surface area contributed by atoms with Crippen LogP contribution in [0.3, 0.4) is 0 Å². The number of piperidine rings is 1. The number of hydrogen-bond donors (Lipinski definition) is 2. The van der Waals surface area contributed by atoms with Gasteiger partial charge in [0, 0.05) is 18.8 Å². The van der Waals surface area contributed by atoms with E-state index < -0.39 is 31.2 Å². The van der Waals surface area contributed by atoms with E-state index in [1.807, 2.05) is 25.7 Å². The number of amides is 1. The molecule has 196 valence electrons. The lowest BCUT2D eigenvalue weighted by atomic mass is 9.93. The van der Waals surface area contributed by atoms with E-state index in [-0.39, 0.29) is 16.5 Å². The second-order valence-electron chi connectivity index (χ2n) is 11.2. The Kier molecular flexibility index (Phi) is 6.85. The number of aromatic nitrogens is 1. The van der Waals surface area contributed by atoms with Crippen molar-refractivity contribution in [2.75, 3.05) is 40.0 Å². The molecule has 1 saturated heterocycles. The normalized spacial score (nSPS) is 17.6. The number of sulfonamides is 1. The van der Waals surface area contributed by atoms with Crippen LogP contribution in [0.4, 0.5) is 17.3 Å². The molecule has 0 bridgehead atoms. The summed E-state index contributed by atoms with van der Waals surface area (Å²) in [6.45, 7) is 7.04. The van der Waals surface area contributed by atoms with Gasteiger partial charge in [0.25, 0.3) is 5.91 Å². The molecule has 2 fully saturated rings. The van der Waals surface area contributed by atoms with E-state index in [0.29, 0.717) is 22.5 Å². The summed E-state index contributed by atoms with van der Waals surface area (Å²) in [5.74, 6) is 0.0937. The van der Waals surface area contributed by atoms with E-state index in [1.165, 1.54) is 31.0 Å². The van der Waals surface area contributed by atoms with Gasteiger partial charge < -0.3 is 10.2 Å². The van der Waals surface area contributed by atoms with Crippen molar-refractivity contribution in [3.05, 3.63) is 42.0 Å². The van der Waals surface area contributed by atoms with Crippen LogP contribution in [0, 0.1) is 10.8 Å². The Hall–Kier alpha value is -2.66. The third kappa shape index (κ3) is 6.56. The van der Waals surface area contributed by atoms with Crippen LogP contribution in [0.2, 0.25) is 0 Å². The highest BCUT2D eigenvalue weighted by atomic mass is 32.2. The van der Waals surface area contributed by atoms with Gasteiger partial charge in [-0.25, -0.2) is 21.8 Å². The van der Waals surface area contributed by atoms with Gasteiger partial charge in [-0.1, -0.05) is 26.8 Å². The zero-order valence-electron chi connectivity index (χ0n) is 21.2. The van der Waals surface area contributed by atoms with Crippen molar-refractivity contribution in [1.82, 2.24) is 4.98 Å². The summed E-state index contributed by atoms with van der Waals surface area (Å²) >= 11 is 0. The van der Waals surface area contributed by atoms with Gasteiger partial charge in [0.1, 0.15) is 11.6 Å². The van der Waals surface area contributed by atoms with Crippen LogP contribution in [0.25, 0.3) is 0 Å². The molecule has 1 saturated carbocycles.